The van der Waals surface area contributed by atoms with Gasteiger partial charge in [-0.05, 0) is 31.0 Å². The molecule has 1 heterocycles. The Bertz CT molecular complexity index is 803. The lowest BCUT2D eigenvalue weighted by Gasteiger charge is -2.12. The predicted octanol–water partition coefficient (Wildman–Crippen LogP) is 2.24. The number of pyridine rings is 1. The summed E-state index contributed by atoms with van der Waals surface area (Å²) in [6.45, 7) is 0. The number of anilines is 1. The number of benzene rings is 1. The van der Waals surface area contributed by atoms with Crippen molar-refractivity contribution < 1.29 is 19.1 Å². The summed E-state index contributed by atoms with van der Waals surface area (Å²) in [4.78, 5) is 28.6. The fourth-order valence-electron chi connectivity index (χ4n) is 2.28. The maximum Gasteiger partial charge on any atom is 0.257 e. The summed E-state index contributed by atoms with van der Waals surface area (Å²) >= 11 is 0. The average molecular weight is 341 g/mol. The zero-order valence-corrected chi connectivity index (χ0v) is 14.0. The first kappa shape index (κ1) is 16.8. The summed E-state index contributed by atoms with van der Waals surface area (Å²) in [6, 6.07) is 6.85. The lowest BCUT2D eigenvalue weighted by molar-refractivity contribution is 0.0950. The molecule has 25 heavy (non-hydrogen) atoms. The number of hydrogen-bond donors (Lipinski definition) is 2. The number of carbonyl (C=O) groups excluding carboxylic acids is 2. The first-order valence-electron chi connectivity index (χ1n) is 7.90. The lowest BCUT2D eigenvalue weighted by Crippen LogP contribution is -2.26. The number of carbonyl (C=O) groups is 2. The number of ether oxygens (including phenoxy) is 2. The SMILES string of the molecule is COc1ccc(NC(=O)c2cncc(C(=O)NC3CC3)c2)c(OC)c1. The van der Waals surface area contributed by atoms with Crippen LogP contribution in [0.15, 0.2) is 36.7 Å². The lowest BCUT2D eigenvalue weighted by atomic mass is 10.1. The molecule has 2 amide bonds. The molecule has 7 nitrogen and oxygen atoms in total. The Morgan fingerprint density at radius 3 is 2.40 bits per heavy atom. The molecule has 1 aromatic carbocycles. The van der Waals surface area contributed by atoms with Gasteiger partial charge in [0.25, 0.3) is 11.8 Å². The van der Waals surface area contributed by atoms with Crippen LogP contribution in [-0.4, -0.2) is 37.1 Å². The van der Waals surface area contributed by atoms with Gasteiger partial charge >= 0.3 is 0 Å². The van der Waals surface area contributed by atoms with Crippen LogP contribution >= 0.6 is 0 Å². The number of nitrogens with one attached hydrogen (secondary N) is 2. The van der Waals surface area contributed by atoms with Crippen molar-refractivity contribution in [2.75, 3.05) is 19.5 Å². The van der Waals surface area contributed by atoms with Crippen LogP contribution in [0, 0.1) is 0 Å². The van der Waals surface area contributed by atoms with Crippen molar-refractivity contribution in [3.8, 4) is 11.5 Å². The van der Waals surface area contributed by atoms with E-state index in [0.29, 0.717) is 28.3 Å². The zero-order valence-electron chi connectivity index (χ0n) is 14.0. The van der Waals surface area contributed by atoms with E-state index in [0.717, 1.165) is 12.8 Å². The van der Waals surface area contributed by atoms with Crippen molar-refractivity contribution >= 4 is 17.5 Å². The van der Waals surface area contributed by atoms with Gasteiger partial charge in [-0.3, -0.25) is 14.6 Å². The first-order chi connectivity index (χ1) is 12.1. The second-order valence-electron chi connectivity index (χ2n) is 5.73. The number of aromatic nitrogens is 1. The van der Waals surface area contributed by atoms with Gasteiger partial charge in [-0.25, -0.2) is 0 Å². The highest BCUT2D eigenvalue weighted by Crippen LogP contribution is 2.29. The smallest absolute Gasteiger partial charge is 0.257 e. The van der Waals surface area contributed by atoms with E-state index in [1.807, 2.05) is 0 Å². The molecule has 1 aliphatic carbocycles. The van der Waals surface area contributed by atoms with Crippen LogP contribution < -0.4 is 20.1 Å². The van der Waals surface area contributed by atoms with Crippen LogP contribution in [0.25, 0.3) is 0 Å². The Hall–Kier alpha value is -3.09. The van der Waals surface area contributed by atoms with Gasteiger partial charge in [-0.1, -0.05) is 0 Å². The summed E-state index contributed by atoms with van der Waals surface area (Å²) in [5.41, 5.74) is 1.16. The summed E-state index contributed by atoms with van der Waals surface area (Å²) < 4.78 is 10.4. The van der Waals surface area contributed by atoms with Gasteiger partial charge in [0, 0.05) is 24.5 Å². The highest BCUT2D eigenvalue weighted by atomic mass is 16.5. The van der Waals surface area contributed by atoms with Crippen LogP contribution in [0.3, 0.4) is 0 Å². The van der Waals surface area contributed by atoms with Crippen molar-refractivity contribution in [2.45, 2.75) is 18.9 Å². The third-order valence-corrected chi connectivity index (χ3v) is 3.83. The summed E-state index contributed by atoms with van der Waals surface area (Å²) in [5, 5.41) is 5.63. The first-order valence-corrected chi connectivity index (χ1v) is 7.90. The molecule has 7 heteroatoms. The molecule has 0 aliphatic heterocycles. The van der Waals surface area contributed by atoms with E-state index in [4.69, 9.17) is 9.47 Å². The summed E-state index contributed by atoms with van der Waals surface area (Å²) in [6.07, 6.45) is 4.86. The molecular weight excluding hydrogens is 322 g/mol. The molecule has 2 N–H and O–H groups in total. The molecule has 1 aromatic heterocycles. The van der Waals surface area contributed by atoms with E-state index in [1.165, 1.54) is 25.6 Å². The normalized spacial score (nSPS) is 13.0. The minimum atomic E-state index is -0.378. The van der Waals surface area contributed by atoms with Gasteiger partial charge in [0.05, 0.1) is 31.0 Å². The molecule has 1 fully saturated rings. The van der Waals surface area contributed by atoms with Crippen molar-refractivity contribution in [1.29, 1.82) is 0 Å². The molecule has 1 saturated carbocycles. The van der Waals surface area contributed by atoms with E-state index in [9.17, 15) is 9.59 Å². The molecule has 3 rings (SSSR count). The second kappa shape index (κ2) is 7.21. The monoisotopic (exact) mass is 341 g/mol. The molecule has 130 valence electrons. The Morgan fingerprint density at radius 1 is 1.04 bits per heavy atom. The minimum Gasteiger partial charge on any atom is -0.497 e. The third kappa shape index (κ3) is 4.06. The Labute approximate surface area is 145 Å². The molecule has 1 aliphatic rings. The van der Waals surface area contributed by atoms with E-state index in [1.54, 1.807) is 25.3 Å². The van der Waals surface area contributed by atoms with Crippen molar-refractivity contribution in [2.24, 2.45) is 0 Å². The van der Waals surface area contributed by atoms with E-state index in [-0.39, 0.29) is 17.9 Å². The maximum atomic E-state index is 12.5. The molecular formula is C18H19N3O4. The topological polar surface area (TPSA) is 89.5 Å². The molecule has 0 spiro atoms. The summed E-state index contributed by atoms with van der Waals surface area (Å²) in [7, 11) is 3.06. The molecule has 0 unspecified atom stereocenters. The van der Waals surface area contributed by atoms with Crippen LogP contribution in [-0.2, 0) is 0 Å². The number of amides is 2. The van der Waals surface area contributed by atoms with Crippen LogP contribution in [0.1, 0.15) is 33.6 Å². The molecule has 0 saturated heterocycles. The zero-order chi connectivity index (χ0) is 17.8. The van der Waals surface area contributed by atoms with Gasteiger partial charge in [0.15, 0.2) is 0 Å². The summed E-state index contributed by atoms with van der Waals surface area (Å²) in [5.74, 6) is 0.502. The van der Waals surface area contributed by atoms with Crippen LogP contribution in [0.2, 0.25) is 0 Å². The predicted molar refractivity (Wildman–Crippen MR) is 92.2 cm³/mol. The highest BCUT2D eigenvalue weighted by Gasteiger charge is 2.24. The van der Waals surface area contributed by atoms with Gasteiger partial charge in [0.1, 0.15) is 11.5 Å². The molecule has 0 bridgehead atoms. The van der Waals surface area contributed by atoms with Gasteiger partial charge in [-0.2, -0.15) is 0 Å². The Balaban J connectivity index is 1.76. The third-order valence-electron chi connectivity index (χ3n) is 3.83. The fourth-order valence-corrected chi connectivity index (χ4v) is 2.28. The van der Waals surface area contributed by atoms with E-state index >= 15 is 0 Å². The Morgan fingerprint density at radius 2 is 1.76 bits per heavy atom. The van der Waals surface area contributed by atoms with E-state index in [2.05, 4.69) is 15.6 Å². The number of nitrogens with zero attached hydrogens (tertiary/aromatic N) is 1. The standard InChI is InChI=1S/C18H19N3O4/c1-24-14-5-6-15(16(8-14)25-2)21-18(23)12-7-11(9-19-10-12)17(22)20-13-3-4-13/h5-10,13H,3-4H2,1-2H3,(H,20,22)(H,21,23). The number of methoxy groups -OCH3 is 2. The van der Waals surface area contributed by atoms with Gasteiger partial charge in [0.2, 0.25) is 0 Å². The molecule has 0 atom stereocenters. The van der Waals surface area contributed by atoms with Crippen molar-refractivity contribution in [3.05, 3.63) is 47.8 Å². The van der Waals surface area contributed by atoms with Crippen LogP contribution in [0.5, 0.6) is 11.5 Å². The number of rotatable bonds is 6. The van der Waals surface area contributed by atoms with Gasteiger partial charge < -0.3 is 20.1 Å². The van der Waals surface area contributed by atoms with Crippen molar-refractivity contribution in [1.82, 2.24) is 10.3 Å². The largest absolute Gasteiger partial charge is 0.497 e. The average Bonchev–Trinajstić information content (AvgIpc) is 3.46. The molecule has 0 radical (unpaired) electrons. The minimum absolute atomic E-state index is 0.216. The Kier molecular flexibility index (Phi) is 4.83. The number of hydrogen-bond acceptors (Lipinski definition) is 5. The maximum absolute atomic E-state index is 12.5. The molecule has 2 aromatic rings. The fraction of sp³-hybridized carbons (Fsp3) is 0.278. The van der Waals surface area contributed by atoms with Crippen LogP contribution in [0.4, 0.5) is 5.69 Å². The highest BCUT2D eigenvalue weighted by molar-refractivity contribution is 6.06. The van der Waals surface area contributed by atoms with E-state index < -0.39 is 0 Å². The van der Waals surface area contributed by atoms with Gasteiger partial charge in [-0.15, -0.1) is 0 Å². The second-order valence-corrected chi connectivity index (χ2v) is 5.73. The van der Waals surface area contributed by atoms with Crippen molar-refractivity contribution in [3.63, 3.8) is 0 Å². The quantitative estimate of drug-likeness (QED) is 0.841.